The molecule has 110 valence electrons. The third kappa shape index (κ3) is 2.59. The molecule has 0 aliphatic heterocycles. The third-order valence-electron chi connectivity index (χ3n) is 3.64. The van der Waals surface area contributed by atoms with E-state index in [0.717, 1.165) is 33.8 Å². The van der Waals surface area contributed by atoms with E-state index in [9.17, 15) is 4.39 Å². The van der Waals surface area contributed by atoms with Crippen LogP contribution in [0, 0.1) is 5.82 Å². The number of nitrogens with two attached hydrogens (primary N) is 1. The van der Waals surface area contributed by atoms with Crippen LogP contribution in [-0.4, -0.2) is 9.55 Å². The summed E-state index contributed by atoms with van der Waals surface area (Å²) < 4.78 is 17.3. The molecule has 2 heterocycles. The number of fused-ring (bicyclic) bond motifs is 1. The van der Waals surface area contributed by atoms with Gasteiger partial charge in [-0.2, -0.15) is 0 Å². The number of hydrogen-bond donors (Lipinski definition) is 1. The number of nitrogens with zero attached hydrogens (tertiary/aromatic N) is 2. The molecule has 3 rings (SSSR count). The van der Waals surface area contributed by atoms with Crippen LogP contribution in [0.15, 0.2) is 30.6 Å². The number of aryl methyl sites for hydroxylation is 1. The van der Waals surface area contributed by atoms with Crippen molar-refractivity contribution in [3.63, 3.8) is 0 Å². The highest BCUT2D eigenvalue weighted by atomic mass is 32.1. The molecule has 0 aliphatic rings. The van der Waals surface area contributed by atoms with Gasteiger partial charge in [-0.15, -0.1) is 11.3 Å². The standard InChI is InChI=1S/C16H18FN3S/c1-2-4-15-19-7-8-20(15)10-11-14(9-18)21-13-6-3-5-12(17)16(11)13/h3,5-8H,2,4,9-10,18H2,1H3. The summed E-state index contributed by atoms with van der Waals surface area (Å²) in [5, 5.41) is 0.707. The van der Waals surface area contributed by atoms with Crippen LogP contribution in [0.25, 0.3) is 10.1 Å². The molecule has 0 unspecified atom stereocenters. The molecule has 0 atom stereocenters. The van der Waals surface area contributed by atoms with Crippen molar-refractivity contribution >= 4 is 21.4 Å². The summed E-state index contributed by atoms with van der Waals surface area (Å²) >= 11 is 1.58. The molecule has 5 heteroatoms. The van der Waals surface area contributed by atoms with Crippen molar-refractivity contribution in [2.75, 3.05) is 0 Å². The van der Waals surface area contributed by atoms with Crippen molar-refractivity contribution in [1.29, 1.82) is 0 Å². The minimum absolute atomic E-state index is 0.171. The lowest BCUT2D eigenvalue weighted by molar-refractivity contribution is 0.636. The van der Waals surface area contributed by atoms with Crippen molar-refractivity contribution in [3.8, 4) is 0 Å². The van der Waals surface area contributed by atoms with E-state index < -0.39 is 0 Å². The second kappa shape index (κ2) is 5.95. The Balaban J connectivity index is 2.09. The van der Waals surface area contributed by atoms with Crippen LogP contribution in [0.2, 0.25) is 0 Å². The number of imidazole rings is 1. The lowest BCUT2D eigenvalue weighted by atomic mass is 10.1. The topological polar surface area (TPSA) is 43.8 Å². The van der Waals surface area contributed by atoms with Gasteiger partial charge in [-0.25, -0.2) is 9.37 Å². The molecule has 0 saturated carbocycles. The largest absolute Gasteiger partial charge is 0.330 e. The molecule has 0 spiro atoms. The highest BCUT2D eigenvalue weighted by Gasteiger charge is 2.16. The molecule has 0 aliphatic carbocycles. The lowest BCUT2D eigenvalue weighted by Gasteiger charge is -2.09. The number of thiophene rings is 1. The molecule has 2 aromatic heterocycles. The Labute approximate surface area is 127 Å². The van der Waals surface area contributed by atoms with Gasteiger partial charge in [0.25, 0.3) is 0 Å². The van der Waals surface area contributed by atoms with E-state index in [1.807, 2.05) is 12.3 Å². The zero-order valence-corrected chi connectivity index (χ0v) is 12.8. The average molecular weight is 303 g/mol. The summed E-state index contributed by atoms with van der Waals surface area (Å²) in [6, 6.07) is 5.21. The first-order valence-corrected chi connectivity index (χ1v) is 7.95. The predicted molar refractivity (Wildman–Crippen MR) is 85.0 cm³/mol. The molecule has 0 radical (unpaired) electrons. The van der Waals surface area contributed by atoms with E-state index >= 15 is 0 Å². The summed E-state index contributed by atoms with van der Waals surface area (Å²) in [4.78, 5) is 5.43. The maximum atomic E-state index is 14.2. The minimum atomic E-state index is -0.171. The van der Waals surface area contributed by atoms with Crippen LogP contribution in [0.4, 0.5) is 4.39 Å². The Morgan fingerprint density at radius 3 is 3.00 bits per heavy atom. The van der Waals surface area contributed by atoms with Crippen LogP contribution in [0.1, 0.15) is 29.6 Å². The van der Waals surface area contributed by atoms with Gasteiger partial charge in [0.1, 0.15) is 11.6 Å². The molecular weight excluding hydrogens is 285 g/mol. The molecule has 2 N–H and O–H groups in total. The number of aromatic nitrogens is 2. The van der Waals surface area contributed by atoms with Gasteiger partial charge in [0.15, 0.2) is 0 Å². The Bertz CT molecular complexity index is 760. The zero-order valence-electron chi connectivity index (χ0n) is 12.0. The maximum Gasteiger partial charge on any atom is 0.132 e. The highest BCUT2D eigenvalue weighted by molar-refractivity contribution is 7.19. The number of halogens is 1. The first kappa shape index (κ1) is 14.2. The first-order chi connectivity index (χ1) is 10.2. The van der Waals surface area contributed by atoms with Crippen LogP contribution >= 0.6 is 11.3 Å². The fourth-order valence-corrected chi connectivity index (χ4v) is 3.76. The number of benzene rings is 1. The summed E-state index contributed by atoms with van der Waals surface area (Å²) in [6.07, 6.45) is 5.72. The molecule has 0 fully saturated rings. The lowest BCUT2D eigenvalue weighted by Crippen LogP contribution is -2.07. The van der Waals surface area contributed by atoms with E-state index in [0.29, 0.717) is 18.5 Å². The molecule has 3 aromatic rings. The summed E-state index contributed by atoms with van der Waals surface area (Å²) in [5.41, 5.74) is 6.84. The zero-order chi connectivity index (χ0) is 14.8. The van der Waals surface area contributed by atoms with E-state index in [2.05, 4.69) is 16.5 Å². The molecule has 21 heavy (non-hydrogen) atoms. The van der Waals surface area contributed by atoms with E-state index in [-0.39, 0.29) is 5.82 Å². The van der Waals surface area contributed by atoms with Gasteiger partial charge < -0.3 is 10.3 Å². The fourth-order valence-electron chi connectivity index (χ4n) is 2.65. The fraction of sp³-hybridized carbons (Fsp3) is 0.312. The molecule has 0 amide bonds. The van der Waals surface area contributed by atoms with Crippen molar-refractivity contribution in [2.24, 2.45) is 5.73 Å². The average Bonchev–Trinajstić information content (AvgIpc) is 3.06. The van der Waals surface area contributed by atoms with Crippen molar-refractivity contribution in [2.45, 2.75) is 32.9 Å². The summed E-state index contributed by atoms with van der Waals surface area (Å²) in [5.74, 6) is 0.867. The van der Waals surface area contributed by atoms with Gasteiger partial charge in [0, 0.05) is 40.3 Å². The van der Waals surface area contributed by atoms with Gasteiger partial charge in [0.05, 0.1) is 6.54 Å². The predicted octanol–water partition coefficient (Wildman–Crippen LogP) is 3.70. The van der Waals surface area contributed by atoms with Crippen molar-refractivity contribution < 1.29 is 4.39 Å². The van der Waals surface area contributed by atoms with Crippen LogP contribution in [0.5, 0.6) is 0 Å². The van der Waals surface area contributed by atoms with E-state index in [1.54, 1.807) is 23.6 Å². The minimum Gasteiger partial charge on any atom is -0.330 e. The normalized spacial score (nSPS) is 11.4. The van der Waals surface area contributed by atoms with Gasteiger partial charge in [0.2, 0.25) is 0 Å². The Morgan fingerprint density at radius 2 is 2.24 bits per heavy atom. The summed E-state index contributed by atoms with van der Waals surface area (Å²) in [6.45, 7) is 3.19. The molecular formula is C16H18FN3S. The van der Waals surface area contributed by atoms with Crippen LogP contribution in [-0.2, 0) is 19.5 Å². The smallest absolute Gasteiger partial charge is 0.132 e. The van der Waals surface area contributed by atoms with E-state index in [1.165, 1.54) is 6.07 Å². The quantitative estimate of drug-likeness (QED) is 0.781. The number of hydrogen-bond acceptors (Lipinski definition) is 3. The monoisotopic (exact) mass is 303 g/mol. The van der Waals surface area contributed by atoms with Gasteiger partial charge in [-0.05, 0) is 24.1 Å². The maximum absolute atomic E-state index is 14.2. The van der Waals surface area contributed by atoms with Gasteiger partial charge >= 0.3 is 0 Å². The second-order valence-corrected chi connectivity index (χ2v) is 6.18. The Hall–Kier alpha value is -1.72. The van der Waals surface area contributed by atoms with E-state index in [4.69, 9.17) is 5.73 Å². The Morgan fingerprint density at radius 1 is 1.38 bits per heavy atom. The molecule has 3 nitrogen and oxygen atoms in total. The number of rotatable bonds is 5. The molecule has 0 bridgehead atoms. The second-order valence-electron chi connectivity index (χ2n) is 5.04. The first-order valence-electron chi connectivity index (χ1n) is 7.13. The SMILES string of the molecule is CCCc1nccn1Cc1c(CN)sc2cccc(F)c12. The van der Waals surface area contributed by atoms with Crippen LogP contribution < -0.4 is 5.73 Å². The Kier molecular flexibility index (Phi) is 4.03. The molecule has 1 aromatic carbocycles. The summed E-state index contributed by atoms with van der Waals surface area (Å²) in [7, 11) is 0. The van der Waals surface area contributed by atoms with Crippen LogP contribution in [0.3, 0.4) is 0 Å². The van der Waals surface area contributed by atoms with Crippen molar-refractivity contribution in [1.82, 2.24) is 9.55 Å². The van der Waals surface area contributed by atoms with Crippen molar-refractivity contribution in [3.05, 3.63) is 52.7 Å². The highest BCUT2D eigenvalue weighted by Crippen LogP contribution is 2.33. The third-order valence-corrected chi connectivity index (χ3v) is 4.86. The van der Waals surface area contributed by atoms with Gasteiger partial charge in [-0.1, -0.05) is 13.0 Å². The molecule has 0 saturated heterocycles. The van der Waals surface area contributed by atoms with Gasteiger partial charge in [-0.3, -0.25) is 0 Å².